The Balaban J connectivity index is 1.28. The number of anilines is 1. The van der Waals surface area contributed by atoms with Crippen LogP contribution in [0.15, 0.2) is 35.4 Å². The van der Waals surface area contributed by atoms with Crippen LogP contribution in [0.25, 0.3) is 22.2 Å². The van der Waals surface area contributed by atoms with Crippen molar-refractivity contribution in [3.05, 3.63) is 46.9 Å². The molecule has 1 aromatic carbocycles. The maximum Gasteiger partial charge on any atom is 0.326 e. The summed E-state index contributed by atoms with van der Waals surface area (Å²) in [4.78, 5) is 44.1. The molecule has 33 heavy (non-hydrogen) atoms. The Morgan fingerprint density at radius 2 is 2.06 bits per heavy atom. The molecule has 1 aliphatic heterocycles. The molecule has 3 aromatic heterocycles. The van der Waals surface area contributed by atoms with E-state index < -0.39 is 0 Å². The highest BCUT2D eigenvalue weighted by Crippen LogP contribution is 2.31. The van der Waals surface area contributed by atoms with Crippen LogP contribution in [0.4, 0.5) is 5.82 Å². The molecule has 2 aliphatic rings. The third-order valence-corrected chi connectivity index (χ3v) is 6.75. The largest absolute Gasteiger partial charge is 0.352 e. The fraction of sp³-hybridized carbons (Fsp3) is 0.435. The molecule has 1 unspecified atom stereocenters. The van der Waals surface area contributed by atoms with Crippen LogP contribution >= 0.6 is 0 Å². The van der Waals surface area contributed by atoms with E-state index in [0.29, 0.717) is 35.3 Å². The number of aromatic nitrogens is 6. The van der Waals surface area contributed by atoms with Crippen molar-refractivity contribution in [2.75, 3.05) is 31.1 Å². The highest BCUT2D eigenvalue weighted by atomic mass is 16.1. The van der Waals surface area contributed by atoms with Crippen LogP contribution < -0.4 is 15.9 Å². The highest BCUT2D eigenvalue weighted by molar-refractivity contribution is 5.98. The molecule has 0 radical (unpaired) electrons. The monoisotopic (exact) mass is 446 g/mol. The zero-order chi connectivity index (χ0) is 22.5. The number of Topliss-reactive ketones (excluding diaryl/α,β-unsaturated/α-hetero) is 1. The third kappa shape index (κ3) is 3.50. The van der Waals surface area contributed by atoms with E-state index >= 15 is 0 Å². The maximum absolute atomic E-state index is 12.8. The molecule has 1 saturated heterocycles. The summed E-state index contributed by atoms with van der Waals surface area (Å²) >= 11 is 0. The maximum atomic E-state index is 12.8. The molecule has 6 rings (SSSR count). The molecule has 1 aliphatic carbocycles. The minimum absolute atomic E-state index is 0.0232. The molecule has 2 N–H and O–H groups in total. The van der Waals surface area contributed by atoms with Crippen LogP contribution in [0.2, 0.25) is 0 Å². The Morgan fingerprint density at radius 1 is 1.21 bits per heavy atom. The van der Waals surface area contributed by atoms with E-state index in [0.717, 1.165) is 30.5 Å². The molecule has 10 heteroatoms. The van der Waals surface area contributed by atoms with Crippen LogP contribution in [-0.2, 0) is 7.05 Å². The number of benzene rings is 1. The second-order valence-corrected chi connectivity index (χ2v) is 9.07. The van der Waals surface area contributed by atoms with Crippen LogP contribution in [0.1, 0.15) is 35.9 Å². The number of carbonyl (C=O) groups excluding carboxylic acids is 1. The van der Waals surface area contributed by atoms with Crippen LogP contribution in [0.3, 0.4) is 0 Å². The van der Waals surface area contributed by atoms with E-state index in [1.165, 1.54) is 19.2 Å². The molecule has 0 amide bonds. The van der Waals surface area contributed by atoms with Gasteiger partial charge in [-0.2, -0.15) is 0 Å². The van der Waals surface area contributed by atoms with E-state index in [1.807, 2.05) is 35.9 Å². The lowest BCUT2D eigenvalue weighted by molar-refractivity contribution is 0.0978. The number of nitrogens with one attached hydrogen (secondary N) is 2. The van der Waals surface area contributed by atoms with Gasteiger partial charge in [0, 0.05) is 20.1 Å². The lowest BCUT2D eigenvalue weighted by atomic mass is 10.2. The van der Waals surface area contributed by atoms with Crippen molar-refractivity contribution < 1.29 is 4.79 Å². The Bertz CT molecular complexity index is 1410. The van der Waals surface area contributed by atoms with Crippen molar-refractivity contribution in [3.8, 4) is 0 Å². The third-order valence-electron chi connectivity index (χ3n) is 6.75. The second-order valence-electron chi connectivity index (χ2n) is 9.07. The van der Waals surface area contributed by atoms with E-state index in [4.69, 9.17) is 0 Å². The summed E-state index contributed by atoms with van der Waals surface area (Å²) in [5.41, 5.74) is 2.91. The summed E-state index contributed by atoms with van der Waals surface area (Å²) in [6.45, 7) is 2.52. The Morgan fingerprint density at radius 3 is 2.91 bits per heavy atom. The van der Waals surface area contributed by atoms with Crippen LogP contribution in [0, 0.1) is 5.92 Å². The minimum Gasteiger partial charge on any atom is -0.352 e. The van der Waals surface area contributed by atoms with Gasteiger partial charge in [0.25, 0.3) is 0 Å². The summed E-state index contributed by atoms with van der Waals surface area (Å²) in [6.07, 6.45) is 4.82. The average molecular weight is 447 g/mol. The van der Waals surface area contributed by atoms with Crippen molar-refractivity contribution >= 4 is 33.8 Å². The number of nitrogens with zero attached hydrogens (tertiary/aromatic N) is 6. The molecular formula is C23H26N8O2. The molecular weight excluding hydrogens is 420 g/mol. The standard InChI is InChI=1S/C23H26N8O2/c1-29-20(18(32)11-24-10-14-6-7-14)28-19-21(29)25-13-26-22(19)30-9-8-15(12-30)31-17-5-3-2-4-16(17)27-23(31)33/h2-5,13-15,24H,6-12H2,1H3,(H,27,33). The number of hydrogen-bond donors (Lipinski definition) is 2. The van der Waals surface area contributed by atoms with E-state index in [2.05, 4.69) is 30.2 Å². The number of H-pyrrole nitrogens is 1. The lowest BCUT2D eigenvalue weighted by Gasteiger charge is -2.18. The number of imidazole rings is 2. The van der Waals surface area contributed by atoms with Crippen molar-refractivity contribution in [2.24, 2.45) is 13.0 Å². The van der Waals surface area contributed by atoms with Gasteiger partial charge in [-0.1, -0.05) is 12.1 Å². The van der Waals surface area contributed by atoms with Gasteiger partial charge in [-0.3, -0.25) is 9.36 Å². The minimum atomic E-state index is -0.0969. The Hall–Kier alpha value is -3.53. The molecule has 0 spiro atoms. The summed E-state index contributed by atoms with van der Waals surface area (Å²) in [5.74, 6) is 1.75. The average Bonchev–Trinajstić information content (AvgIpc) is 3.24. The summed E-state index contributed by atoms with van der Waals surface area (Å²) < 4.78 is 3.59. The van der Waals surface area contributed by atoms with Gasteiger partial charge < -0.3 is 19.8 Å². The van der Waals surface area contributed by atoms with E-state index in [-0.39, 0.29) is 24.1 Å². The Labute approximate surface area is 189 Å². The number of ketones is 1. The predicted octanol–water partition coefficient (Wildman–Crippen LogP) is 1.64. The quantitative estimate of drug-likeness (QED) is 0.415. The number of aryl methyl sites for hydroxylation is 1. The normalized spacial score (nSPS) is 18.6. The summed E-state index contributed by atoms with van der Waals surface area (Å²) in [6, 6.07) is 7.77. The number of rotatable bonds is 7. The fourth-order valence-electron chi connectivity index (χ4n) is 4.84. The summed E-state index contributed by atoms with van der Waals surface area (Å²) in [7, 11) is 1.82. The first-order valence-electron chi connectivity index (χ1n) is 11.5. The number of fused-ring (bicyclic) bond motifs is 2. The van der Waals surface area contributed by atoms with Gasteiger partial charge in [0.05, 0.1) is 23.6 Å². The number of aromatic amines is 1. The molecule has 2 fully saturated rings. The molecule has 1 atom stereocenters. The van der Waals surface area contributed by atoms with Crippen LogP contribution in [-0.4, -0.2) is 61.0 Å². The topological polar surface area (TPSA) is 114 Å². The van der Waals surface area contributed by atoms with Gasteiger partial charge >= 0.3 is 5.69 Å². The van der Waals surface area contributed by atoms with Gasteiger partial charge in [0.1, 0.15) is 6.33 Å². The fourth-order valence-corrected chi connectivity index (χ4v) is 4.84. The van der Waals surface area contributed by atoms with E-state index in [9.17, 15) is 9.59 Å². The predicted molar refractivity (Wildman–Crippen MR) is 125 cm³/mol. The van der Waals surface area contributed by atoms with Gasteiger partial charge in [0.15, 0.2) is 22.8 Å². The smallest absolute Gasteiger partial charge is 0.326 e. The Kier molecular flexibility index (Phi) is 4.75. The van der Waals surface area contributed by atoms with Gasteiger partial charge in [-0.05, 0) is 43.9 Å². The zero-order valence-corrected chi connectivity index (χ0v) is 18.5. The molecule has 4 aromatic rings. The zero-order valence-electron chi connectivity index (χ0n) is 18.5. The lowest BCUT2D eigenvalue weighted by Crippen LogP contribution is -2.27. The van der Waals surface area contributed by atoms with Gasteiger partial charge in [-0.25, -0.2) is 19.7 Å². The van der Waals surface area contributed by atoms with Crippen LogP contribution in [0.5, 0.6) is 0 Å². The SMILES string of the molecule is Cn1c(C(=O)CNCC2CC2)nc2c(N3CCC(n4c(=O)[nH]c5ccccc54)C3)ncnc21. The number of hydrogen-bond acceptors (Lipinski definition) is 7. The molecule has 10 nitrogen and oxygen atoms in total. The highest BCUT2D eigenvalue weighted by Gasteiger charge is 2.30. The molecule has 1 saturated carbocycles. The van der Waals surface area contributed by atoms with Gasteiger partial charge in [-0.15, -0.1) is 0 Å². The molecule has 170 valence electrons. The number of para-hydroxylation sites is 2. The first-order valence-corrected chi connectivity index (χ1v) is 11.5. The van der Waals surface area contributed by atoms with Crippen molar-refractivity contribution in [2.45, 2.75) is 25.3 Å². The summed E-state index contributed by atoms with van der Waals surface area (Å²) in [5, 5.41) is 3.24. The van der Waals surface area contributed by atoms with E-state index in [1.54, 1.807) is 4.57 Å². The second kappa shape index (κ2) is 7.80. The molecule has 4 heterocycles. The first kappa shape index (κ1) is 20.1. The van der Waals surface area contributed by atoms with Crippen molar-refractivity contribution in [3.63, 3.8) is 0 Å². The van der Waals surface area contributed by atoms with Crippen molar-refractivity contribution in [1.29, 1.82) is 0 Å². The first-order chi connectivity index (χ1) is 16.1. The van der Waals surface area contributed by atoms with Crippen molar-refractivity contribution in [1.82, 2.24) is 34.4 Å². The molecule has 0 bridgehead atoms. The van der Waals surface area contributed by atoms with Gasteiger partial charge in [0.2, 0.25) is 5.78 Å². The number of carbonyl (C=O) groups is 1.